The SMILES string of the molecule is CN=C(NN)NCCC1CCCC(C)C1. The molecule has 1 rings (SSSR count). The van der Waals surface area contributed by atoms with Gasteiger partial charge in [0, 0.05) is 13.6 Å². The minimum Gasteiger partial charge on any atom is -0.355 e. The summed E-state index contributed by atoms with van der Waals surface area (Å²) in [5, 5.41) is 3.20. The van der Waals surface area contributed by atoms with Crippen LogP contribution in [0.1, 0.15) is 39.0 Å². The van der Waals surface area contributed by atoms with Gasteiger partial charge in [-0.25, -0.2) is 5.84 Å². The van der Waals surface area contributed by atoms with Gasteiger partial charge < -0.3 is 5.32 Å². The Labute approximate surface area is 92.7 Å². The summed E-state index contributed by atoms with van der Waals surface area (Å²) in [4.78, 5) is 3.97. The Hall–Kier alpha value is -0.770. The zero-order chi connectivity index (χ0) is 11.1. The van der Waals surface area contributed by atoms with Crippen LogP contribution in [0.25, 0.3) is 0 Å². The van der Waals surface area contributed by atoms with Crippen LogP contribution in [0.5, 0.6) is 0 Å². The second-order valence-electron chi connectivity index (χ2n) is 4.57. The molecular formula is C11H24N4. The summed E-state index contributed by atoms with van der Waals surface area (Å²) in [6.45, 7) is 3.33. The molecule has 0 aromatic carbocycles. The third-order valence-corrected chi connectivity index (χ3v) is 3.25. The van der Waals surface area contributed by atoms with Gasteiger partial charge in [-0.05, 0) is 24.7 Å². The summed E-state index contributed by atoms with van der Waals surface area (Å²) in [6, 6.07) is 0. The number of nitrogens with one attached hydrogen (secondary N) is 2. The highest BCUT2D eigenvalue weighted by Gasteiger charge is 2.18. The van der Waals surface area contributed by atoms with Gasteiger partial charge in [0.1, 0.15) is 0 Å². The fourth-order valence-corrected chi connectivity index (χ4v) is 2.41. The standard InChI is InChI=1S/C11H24N4/c1-9-4-3-5-10(8-9)6-7-14-11(13-2)15-12/h9-10H,3-8,12H2,1-2H3,(H2,13,14,15). The van der Waals surface area contributed by atoms with Crippen molar-refractivity contribution in [2.45, 2.75) is 39.0 Å². The van der Waals surface area contributed by atoms with Crippen LogP contribution in [0.15, 0.2) is 4.99 Å². The van der Waals surface area contributed by atoms with Crippen molar-refractivity contribution in [1.82, 2.24) is 10.7 Å². The van der Waals surface area contributed by atoms with E-state index in [0.29, 0.717) is 5.96 Å². The quantitative estimate of drug-likeness (QED) is 0.285. The predicted octanol–water partition coefficient (Wildman–Crippen LogP) is 1.24. The van der Waals surface area contributed by atoms with Crippen LogP contribution in [0.3, 0.4) is 0 Å². The number of aliphatic imine (C=N–C) groups is 1. The Morgan fingerprint density at radius 2 is 2.27 bits per heavy atom. The maximum Gasteiger partial charge on any atom is 0.205 e. The van der Waals surface area contributed by atoms with Crippen LogP contribution >= 0.6 is 0 Å². The lowest BCUT2D eigenvalue weighted by molar-refractivity contribution is 0.270. The van der Waals surface area contributed by atoms with E-state index in [2.05, 4.69) is 22.7 Å². The molecule has 4 heteroatoms. The second kappa shape index (κ2) is 6.67. The van der Waals surface area contributed by atoms with E-state index in [9.17, 15) is 0 Å². The van der Waals surface area contributed by atoms with Gasteiger partial charge >= 0.3 is 0 Å². The minimum absolute atomic E-state index is 0.679. The molecule has 4 nitrogen and oxygen atoms in total. The Morgan fingerprint density at radius 1 is 1.47 bits per heavy atom. The van der Waals surface area contributed by atoms with Gasteiger partial charge in [-0.3, -0.25) is 10.4 Å². The molecule has 0 radical (unpaired) electrons. The van der Waals surface area contributed by atoms with Crippen molar-refractivity contribution in [3.05, 3.63) is 0 Å². The molecule has 0 spiro atoms. The second-order valence-corrected chi connectivity index (χ2v) is 4.57. The van der Waals surface area contributed by atoms with Crippen molar-refractivity contribution in [3.8, 4) is 0 Å². The normalized spacial score (nSPS) is 27.5. The first-order valence-electron chi connectivity index (χ1n) is 5.93. The average molecular weight is 212 g/mol. The highest BCUT2D eigenvalue weighted by molar-refractivity contribution is 5.78. The van der Waals surface area contributed by atoms with Gasteiger partial charge in [0.2, 0.25) is 5.96 Å². The van der Waals surface area contributed by atoms with E-state index in [1.807, 2.05) is 0 Å². The highest BCUT2D eigenvalue weighted by Crippen LogP contribution is 2.30. The first-order valence-corrected chi connectivity index (χ1v) is 5.93. The molecular weight excluding hydrogens is 188 g/mol. The molecule has 2 atom stereocenters. The van der Waals surface area contributed by atoms with E-state index >= 15 is 0 Å². The molecule has 1 fully saturated rings. The zero-order valence-corrected chi connectivity index (χ0v) is 9.92. The molecule has 1 aliphatic carbocycles. The van der Waals surface area contributed by atoms with E-state index in [1.165, 1.54) is 32.1 Å². The van der Waals surface area contributed by atoms with Gasteiger partial charge in [0.25, 0.3) is 0 Å². The lowest BCUT2D eigenvalue weighted by Gasteiger charge is -2.26. The molecule has 15 heavy (non-hydrogen) atoms. The summed E-state index contributed by atoms with van der Waals surface area (Å²) in [7, 11) is 1.73. The van der Waals surface area contributed by atoms with Gasteiger partial charge in [0.15, 0.2) is 0 Å². The van der Waals surface area contributed by atoms with Gasteiger partial charge in [-0.15, -0.1) is 0 Å². The van der Waals surface area contributed by atoms with Crippen LogP contribution in [0, 0.1) is 11.8 Å². The Bertz CT molecular complexity index is 203. The summed E-state index contributed by atoms with van der Waals surface area (Å²) in [5.74, 6) is 7.76. The molecule has 1 aliphatic rings. The molecule has 0 aromatic rings. The Balaban J connectivity index is 2.14. The van der Waals surface area contributed by atoms with Crippen molar-refractivity contribution in [2.75, 3.05) is 13.6 Å². The average Bonchev–Trinajstić information content (AvgIpc) is 2.25. The molecule has 0 heterocycles. The van der Waals surface area contributed by atoms with Crippen LogP contribution in [0.2, 0.25) is 0 Å². The molecule has 2 unspecified atom stereocenters. The third kappa shape index (κ3) is 4.51. The van der Waals surface area contributed by atoms with E-state index in [-0.39, 0.29) is 0 Å². The molecule has 0 bridgehead atoms. The van der Waals surface area contributed by atoms with Crippen molar-refractivity contribution in [3.63, 3.8) is 0 Å². The molecule has 88 valence electrons. The minimum atomic E-state index is 0.679. The van der Waals surface area contributed by atoms with E-state index in [4.69, 9.17) is 5.84 Å². The summed E-state index contributed by atoms with van der Waals surface area (Å²) in [5.41, 5.74) is 2.54. The van der Waals surface area contributed by atoms with Crippen molar-refractivity contribution >= 4 is 5.96 Å². The monoisotopic (exact) mass is 212 g/mol. The van der Waals surface area contributed by atoms with Crippen LogP contribution in [0.4, 0.5) is 0 Å². The van der Waals surface area contributed by atoms with Crippen LogP contribution < -0.4 is 16.6 Å². The van der Waals surface area contributed by atoms with Gasteiger partial charge in [-0.2, -0.15) is 0 Å². The van der Waals surface area contributed by atoms with E-state index in [1.54, 1.807) is 7.05 Å². The number of hydrogen-bond donors (Lipinski definition) is 3. The summed E-state index contributed by atoms with van der Waals surface area (Å²) >= 11 is 0. The van der Waals surface area contributed by atoms with E-state index in [0.717, 1.165) is 18.4 Å². The lowest BCUT2D eigenvalue weighted by Crippen LogP contribution is -2.42. The Morgan fingerprint density at radius 3 is 2.87 bits per heavy atom. The topological polar surface area (TPSA) is 62.4 Å². The summed E-state index contributed by atoms with van der Waals surface area (Å²) in [6.07, 6.45) is 6.81. The first-order chi connectivity index (χ1) is 7.26. The molecule has 0 aromatic heterocycles. The number of guanidine groups is 1. The van der Waals surface area contributed by atoms with Crippen molar-refractivity contribution in [1.29, 1.82) is 0 Å². The highest BCUT2D eigenvalue weighted by atomic mass is 15.3. The van der Waals surface area contributed by atoms with Crippen molar-refractivity contribution in [2.24, 2.45) is 22.7 Å². The zero-order valence-electron chi connectivity index (χ0n) is 9.92. The predicted molar refractivity (Wildman–Crippen MR) is 64.4 cm³/mol. The smallest absolute Gasteiger partial charge is 0.205 e. The van der Waals surface area contributed by atoms with E-state index < -0.39 is 0 Å². The molecule has 4 N–H and O–H groups in total. The number of nitrogens with two attached hydrogens (primary N) is 1. The van der Waals surface area contributed by atoms with Crippen LogP contribution in [-0.4, -0.2) is 19.6 Å². The molecule has 0 aliphatic heterocycles. The molecule has 0 saturated heterocycles. The molecule has 1 saturated carbocycles. The largest absolute Gasteiger partial charge is 0.355 e. The Kier molecular flexibility index (Phi) is 5.47. The summed E-state index contributed by atoms with van der Waals surface area (Å²) < 4.78 is 0. The number of hydrogen-bond acceptors (Lipinski definition) is 2. The maximum absolute atomic E-state index is 5.28. The van der Waals surface area contributed by atoms with Crippen LogP contribution in [-0.2, 0) is 0 Å². The fraction of sp³-hybridized carbons (Fsp3) is 0.909. The number of rotatable bonds is 3. The maximum atomic E-state index is 5.28. The lowest BCUT2D eigenvalue weighted by atomic mass is 9.81. The third-order valence-electron chi connectivity index (χ3n) is 3.25. The molecule has 0 amide bonds. The number of hydrazine groups is 1. The van der Waals surface area contributed by atoms with Crippen molar-refractivity contribution < 1.29 is 0 Å². The number of nitrogens with zero attached hydrogens (tertiary/aromatic N) is 1. The fourth-order valence-electron chi connectivity index (χ4n) is 2.41. The first kappa shape index (κ1) is 12.3. The van der Waals surface area contributed by atoms with Gasteiger partial charge in [-0.1, -0.05) is 26.2 Å². The van der Waals surface area contributed by atoms with Gasteiger partial charge in [0.05, 0.1) is 0 Å².